The molecule has 122 valence electrons. The molecule has 3 rings (SSSR count). The van der Waals surface area contributed by atoms with Gasteiger partial charge < -0.3 is 19.6 Å². The molecule has 1 aliphatic heterocycles. The zero-order valence-electron chi connectivity index (χ0n) is 12.9. The van der Waals surface area contributed by atoms with E-state index in [-0.39, 0.29) is 18.4 Å². The summed E-state index contributed by atoms with van der Waals surface area (Å²) in [5, 5.41) is 14.2. The molecule has 1 fully saturated rings. The van der Waals surface area contributed by atoms with Crippen molar-refractivity contribution in [3.05, 3.63) is 60.1 Å². The third kappa shape index (κ3) is 3.46. The summed E-state index contributed by atoms with van der Waals surface area (Å²) < 4.78 is 10.3. The van der Waals surface area contributed by atoms with E-state index in [0.717, 1.165) is 18.4 Å². The highest BCUT2D eigenvalue weighted by Gasteiger charge is 2.39. The van der Waals surface area contributed by atoms with Gasteiger partial charge in [0.15, 0.2) is 0 Å². The lowest BCUT2D eigenvalue weighted by molar-refractivity contribution is -0.0680. The first-order valence-electron chi connectivity index (χ1n) is 7.86. The first-order chi connectivity index (χ1) is 11.2. The second-order valence-corrected chi connectivity index (χ2v) is 5.87. The van der Waals surface area contributed by atoms with Gasteiger partial charge in [-0.15, -0.1) is 0 Å². The minimum atomic E-state index is -1.11. The Hall–Kier alpha value is -2.11. The van der Waals surface area contributed by atoms with Crippen molar-refractivity contribution in [2.24, 2.45) is 5.92 Å². The molecule has 23 heavy (non-hydrogen) atoms. The van der Waals surface area contributed by atoms with Crippen molar-refractivity contribution < 1.29 is 19.1 Å². The molecule has 0 bridgehead atoms. The molecule has 0 spiro atoms. The molecular formula is C18H21NO4. The molecule has 5 heteroatoms. The molecule has 0 aliphatic carbocycles. The van der Waals surface area contributed by atoms with Gasteiger partial charge in [0.25, 0.3) is 5.91 Å². The van der Waals surface area contributed by atoms with Crippen molar-refractivity contribution in [1.82, 2.24) is 5.32 Å². The average molecular weight is 315 g/mol. The standard InChI is InChI=1S/C18H21NO4/c20-17(14-6-9-23-12-14)19-13-18(21,15-4-2-1-3-5-15)16-7-10-22-11-8-16/h1-6,9,12,16,21H,7-8,10-11,13H2,(H,19,20). The number of hydrogen-bond acceptors (Lipinski definition) is 4. The van der Waals surface area contributed by atoms with Crippen molar-refractivity contribution in [1.29, 1.82) is 0 Å². The number of carbonyl (C=O) groups excluding carboxylic acids is 1. The van der Waals surface area contributed by atoms with E-state index in [1.54, 1.807) is 6.07 Å². The van der Waals surface area contributed by atoms with Crippen LogP contribution >= 0.6 is 0 Å². The minimum Gasteiger partial charge on any atom is -0.472 e. The minimum absolute atomic E-state index is 0.0447. The van der Waals surface area contributed by atoms with Crippen LogP contribution in [0.5, 0.6) is 0 Å². The van der Waals surface area contributed by atoms with Crippen molar-refractivity contribution in [2.75, 3.05) is 19.8 Å². The molecular weight excluding hydrogens is 294 g/mol. The fourth-order valence-corrected chi connectivity index (χ4v) is 3.09. The summed E-state index contributed by atoms with van der Waals surface area (Å²) in [4.78, 5) is 12.2. The zero-order valence-corrected chi connectivity index (χ0v) is 12.9. The molecule has 0 radical (unpaired) electrons. The van der Waals surface area contributed by atoms with Gasteiger partial charge in [-0.2, -0.15) is 0 Å². The Morgan fingerprint density at radius 2 is 1.96 bits per heavy atom. The molecule has 2 N–H and O–H groups in total. The average Bonchev–Trinajstić information content (AvgIpc) is 3.16. The number of hydrogen-bond donors (Lipinski definition) is 2. The molecule has 2 aromatic rings. The number of carbonyl (C=O) groups is 1. The molecule has 1 saturated heterocycles. The van der Waals surface area contributed by atoms with Crippen LogP contribution in [0.15, 0.2) is 53.3 Å². The molecule has 1 aromatic carbocycles. The maximum Gasteiger partial charge on any atom is 0.254 e. The fourth-order valence-electron chi connectivity index (χ4n) is 3.09. The second kappa shape index (κ2) is 6.98. The Labute approximate surface area is 135 Å². The van der Waals surface area contributed by atoms with Gasteiger partial charge in [0.1, 0.15) is 11.9 Å². The van der Waals surface area contributed by atoms with E-state index in [1.807, 2.05) is 30.3 Å². The van der Waals surface area contributed by atoms with Gasteiger partial charge in [0.05, 0.1) is 18.4 Å². The number of rotatable bonds is 5. The summed E-state index contributed by atoms with van der Waals surface area (Å²) in [5.41, 5.74) is 0.163. The van der Waals surface area contributed by atoms with E-state index in [2.05, 4.69) is 5.32 Å². The smallest absolute Gasteiger partial charge is 0.254 e. The highest BCUT2D eigenvalue weighted by Crippen LogP contribution is 2.35. The number of ether oxygens (including phenoxy) is 1. The quantitative estimate of drug-likeness (QED) is 0.888. The van der Waals surface area contributed by atoms with Gasteiger partial charge in [-0.25, -0.2) is 0 Å². The molecule has 1 unspecified atom stereocenters. The summed E-state index contributed by atoms with van der Waals surface area (Å²) in [6.45, 7) is 1.43. The van der Waals surface area contributed by atoms with E-state index < -0.39 is 5.60 Å². The lowest BCUT2D eigenvalue weighted by Crippen LogP contribution is -2.47. The second-order valence-electron chi connectivity index (χ2n) is 5.87. The highest BCUT2D eigenvalue weighted by molar-refractivity contribution is 5.93. The van der Waals surface area contributed by atoms with Crippen LogP contribution in [0.3, 0.4) is 0 Å². The topological polar surface area (TPSA) is 71.7 Å². The van der Waals surface area contributed by atoms with Crippen molar-refractivity contribution >= 4 is 5.91 Å². The molecule has 5 nitrogen and oxygen atoms in total. The van der Waals surface area contributed by atoms with Crippen LogP contribution in [0, 0.1) is 5.92 Å². The van der Waals surface area contributed by atoms with Gasteiger partial charge >= 0.3 is 0 Å². The van der Waals surface area contributed by atoms with Gasteiger partial charge in [-0.05, 0) is 30.4 Å². The number of benzene rings is 1. The first-order valence-corrected chi connectivity index (χ1v) is 7.86. The van der Waals surface area contributed by atoms with Crippen LogP contribution < -0.4 is 5.32 Å². The van der Waals surface area contributed by atoms with E-state index in [9.17, 15) is 9.90 Å². The maximum atomic E-state index is 12.2. The zero-order chi connectivity index (χ0) is 16.1. The summed E-state index contributed by atoms with van der Waals surface area (Å²) in [6, 6.07) is 11.1. The predicted molar refractivity (Wildman–Crippen MR) is 84.9 cm³/mol. The Bertz CT molecular complexity index is 620. The molecule has 1 aliphatic rings. The summed E-state index contributed by atoms with van der Waals surface area (Å²) >= 11 is 0. The Morgan fingerprint density at radius 3 is 2.61 bits per heavy atom. The first kappa shape index (κ1) is 15.8. The SMILES string of the molecule is O=C(NCC(O)(c1ccccc1)C1CCOCC1)c1ccoc1. The van der Waals surface area contributed by atoms with Crippen LogP contribution in [-0.4, -0.2) is 30.8 Å². The fraction of sp³-hybridized carbons (Fsp3) is 0.389. The van der Waals surface area contributed by atoms with Crippen LogP contribution in [-0.2, 0) is 10.3 Å². The Balaban J connectivity index is 1.79. The maximum absolute atomic E-state index is 12.2. The summed E-state index contributed by atoms with van der Waals surface area (Å²) in [7, 11) is 0. The van der Waals surface area contributed by atoms with E-state index >= 15 is 0 Å². The number of furan rings is 1. The third-order valence-corrected chi connectivity index (χ3v) is 4.47. The van der Waals surface area contributed by atoms with Crippen molar-refractivity contribution in [2.45, 2.75) is 18.4 Å². The van der Waals surface area contributed by atoms with E-state index in [1.165, 1.54) is 12.5 Å². The highest BCUT2D eigenvalue weighted by atomic mass is 16.5. The number of aliphatic hydroxyl groups is 1. The van der Waals surface area contributed by atoms with Crippen LogP contribution in [0.4, 0.5) is 0 Å². The molecule has 1 atom stereocenters. The third-order valence-electron chi connectivity index (χ3n) is 4.47. The number of amides is 1. The lowest BCUT2D eigenvalue weighted by atomic mass is 9.77. The van der Waals surface area contributed by atoms with E-state index in [0.29, 0.717) is 18.8 Å². The summed E-state index contributed by atoms with van der Waals surface area (Å²) in [5.74, 6) is -0.205. The van der Waals surface area contributed by atoms with Crippen LogP contribution in [0.25, 0.3) is 0 Å². The predicted octanol–water partition coefficient (Wildman–Crippen LogP) is 2.32. The Kier molecular flexibility index (Phi) is 4.79. The monoisotopic (exact) mass is 315 g/mol. The van der Waals surface area contributed by atoms with Crippen molar-refractivity contribution in [3.8, 4) is 0 Å². The van der Waals surface area contributed by atoms with Gasteiger partial charge in [0, 0.05) is 13.2 Å². The van der Waals surface area contributed by atoms with Gasteiger partial charge in [-0.1, -0.05) is 30.3 Å². The number of nitrogens with one attached hydrogen (secondary N) is 1. The normalized spacial score (nSPS) is 18.3. The van der Waals surface area contributed by atoms with Gasteiger partial charge in [-0.3, -0.25) is 4.79 Å². The van der Waals surface area contributed by atoms with Crippen LogP contribution in [0.1, 0.15) is 28.8 Å². The largest absolute Gasteiger partial charge is 0.472 e. The molecule has 1 amide bonds. The lowest BCUT2D eigenvalue weighted by Gasteiger charge is -2.39. The van der Waals surface area contributed by atoms with Crippen LogP contribution in [0.2, 0.25) is 0 Å². The Morgan fingerprint density at radius 1 is 1.22 bits per heavy atom. The van der Waals surface area contributed by atoms with Crippen molar-refractivity contribution in [3.63, 3.8) is 0 Å². The summed E-state index contributed by atoms with van der Waals surface area (Å²) in [6.07, 6.45) is 4.39. The molecule has 1 aromatic heterocycles. The van der Waals surface area contributed by atoms with E-state index in [4.69, 9.17) is 9.15 Å². The van der Waals surface area contributed by atoms with Gasteiger partial charge in [0.2, 0.25) is 0 Å². The molecule has 0 saturated carbocycles. The molecule has 2 heterocycles.